The molecule has 3 rings (SSSR count). The maximum atomic E-state index is 14.3. The quantitative estimate of drug-likeness (QED) is 0.260. The molecule has 0 spiro atoms. The van der Waals surface area contributed by atoms with Crippen molar-refractivity contribution in [2.45, 2.75) is 103 Å². The zero-order valence-electron chi connectivity index (χ0n) is 26.7. The largest absolute Gasteiger partial charge is 0.508 e. The van der Waals surface area contributed by atoms with Crippen LogP contribution in [0.15, 0.2) is 54.6 Å². The lowest BCUT2D eigenvalue weighted by Gasteiger charge is -2.35. The molecule has 0 radical (unpaired) electrons. The Bertz CT molecular complexity index is 1380. The van der Waals surface area contributed by atoms with Gasteiger partial charge in [0.2, 0.25) is 17.7 Å². The van der Waals surface area contributed by atoms with E-state index in [9.17, 15) is 29.1 Å². The number of ether oxygens (including phenoxy) is 2. The molecule has 0 heterocycles. The van der Waals surface area contributed by atoms with Gasteiger partial charge in [-0.1, -0.05) is 48.5 Å². The second-order valence-corrected chi connectivity index (χ2v) is 13.1. The van der Waals surface area contributed by atoms with Crippen LogP contribution in [0, 0.1) is 0 Å². The molecule has 0 saturated heterocycles. The van der Waals surface area contributed by atoms with Gasteiger partial charge in [-0.05, 0) is 66.0 Å². The molecule has 1 fully saturated rings. The number of rotatable bonds is 12. The number of nitrogens with two attached hydrogens (primary N) is 1. The van der Waals surface area contributed by atoms with E-state index in [2.05, 4.69) is 10.6 Å². The highest BCUT2D eigenvalue weighted by atomic mass is 16.6. The zero-order chi connectivity index (χ0) is 33.5. The van der Waals surface area contributed by atoms with Crippen molar-refractivity contribution in [3.63, 3.8) is 0 Å². The number of phenols is 1. The molecule has 1 aliphatic carbocycles. The van der Waals surface area contributed by atoms with Crippen molar-refractivity contribution in [1.29, 1.82) is 0 Å². The smallest absolute Gasteiger partial charge is 0.408 e. The van der Waals surface area contributed by atoms with Gasteiger partial charge in [0.1, 0.15) is 35.1 Å². The molecule has 3 atom stereocenters. The van der Waals surface area contributed by atoms with E-state index in [1.165, 1.54) is 17.0 Å². The first-order valence-corrected chi connectivity index (χ1v) is 14.9. The van der Waals surface area contributed by atoms with E-state index < -0.39 is 71.6 Å². The van der Waals surface area contributed by atoms with E-state index in [0.717, 1.165) is 5.56 Å². The highest BCUT2D eigenvalue weighted by Crippen LogP contribution is 2.38. The van der Waals surface area contributed by atoms with Crippen molar-refractivity contribution in [2.75, 3.05) is 0 Å². The van der Waals surface area contributed by atoms with E-state index >= 15 is 0 Å². The number of carbonyl (C=O) groups is 5. The van der Waals surface area contributed by atoms with Gasteiger partial charge in [-0.25, -0.2) is 9.59 Å². The standard InChI is InChI=1S/C33H44N4O8/c1-32(2,3)44-30(42)24(18-20-12-8-7-9-13-20)35-28(40)27(22-14-10-11-15-25(22)38)37(21-16-17-21)29(41)23(19-26(34)39)36-31(43)45-33(4,5)6/h7-15,21,23-24,27,38H,16-19H2,1-6H3,(H2,34,39)(H,35,40)(H,36,43). The minimum absolute atomic E-state index is 0.0907. The molecule has 45 heavy (non-hydrogen) atoms. The third-order valence-corrected chi connectivity index (χ3v) is 6.64. The SMILES string of the molecule is CC(C)(C)OC(=O)NC(CC(N)=O)C(=O)N(C1CC1)C(C(=O)NC(Cc1ccccc1)C(=O)OC(C)(C)C)c1ccccc1O. The number of carbonyl (C=O) groups excluding carboxylic acids is 5. The van der Waals surface area contributed by atoms with Crippen LogP contribution in [0.5, 0.6) is 5.75 Å². The van der Waals surface area contributed by atoms with Crippen molar-refractivity contribution in [1.82, 2.24) is 15.5 Å². The first kappa shape index (κ1) is 34.9. The van der Waals surface area contributed by atoms with Crippen LogP contribution >= 0.6 is 0 Å². The highest BCUT2D eigenvalue weighted by molar-refractivity contribution is 5.96. The normalized spacial score (nSPS) is 15.2. The van der Waals surface area contributed by atoms with Gasteiger partial charge in [-0.15, -0.1) is 0 Å². The van der Waals surface area contributed by atoms with Crippen LogP contribution in [-0.2, 0) is 35.1 Å². The van der Waals surface area contributed by atoms with Crippen molar-refractivity contribution in [2.24, 2.45) is 5.73 Å². The Morgan fingerprint density at radius 2 is 1.44 bits per heavy atom. The van der Waals surface area contributed by atoms with Crippen LogP contribution in [0.25, 0.3) is 0 Å². The molecule has 244 valence electrons. The van der Waals surface area contributed by atoms with Crippen LogP contribution in [-0.4, -0.2) is 69.1 Å². The van der Waals surface area contributed by atoms with Gasteiger partial charge in [0, 0.05) is 18.0 Å². The Kier molecular flexibility index (Phi) is 11.2. The number of para-hydroxylation sites is 1. The molecule has 1 aliphatic rings. The number of amides is 4. The fraction of sp³-hybridized carbons (Fsp3) is 0.485. The lowest BCUT2D eigenvalue weighted by Crippen LogP contribution is -2.56. The minimum Gasteiger partial charge on any atom is -0.508 e. The molecular formula is C33H44N4O8. The number of hydrogen-bond donors (Lipinski definition) is 4. The van der Waals surface area contributed by atoms with Crippen molar-refractivity contribution < 1.29 is 38.6 Å². The Labute approximate surface area is 263 Å². The zero-order valence-corrected chi connectivity index (χ0v) is 26.7. The predicted molar refractivity (Wildman–Crippen MR) is 166 cm³/mol. The molecule has 4 amide bonds. The van der Waals surface area contributed by atoms with Gasteiger partial charge in [-0.3, -0.25) is 14.4 Å². The molecular weight excluding hydrogens is 580 g/mol. The summed E-state index contributed by atoms with van der Waals surface area (Å²) >= 11 is 0. The number of primary amides is 1. The molecule has 2 aromatic carbocycles. The summed E-state index contributed by atoms with van der Waals surface area (Å²) in [5, 5.41) is 16.1. The van der Waals surface area contributed by atoms with Crippen molar-refractivity contribution in [3.8, 4) is 5.75 Å². The van der Waals surface area contributed by atoms with Gasteiger partial charge in [0.05, 0.1) is 6.42 Å². The van der Waals surface area contributed by atoms with Gasteiger partial charge in [-0.2, -0.15) is 0 Å². The topological polar surface area (TPSA) is 177 Å². The number of nitrogens with one attached hydrogen (secondary N) is 2. The molecule has 0 aliphatic heterocycles. The molecule has 3 unspecified atom stereocenters. The predicted octanol–water partition coefficient (Wildman–Crippen LogP) is 3.26. The Morgan fingerprint density at radius 1 is 0.867 bits per heavy atom. The third kappa shape index (κ3) is 10.8. The summed E-state index contributed by atoms with van der Waals surface area (Å²) in [5.74, 6) is -3.35. The maximum Gasteiger partial charge on any atom is 0.408 e. The lowest BCUT2D eigenvalue weighted by molar-refractivity contribution is -0.159. The van der Waals surface area contributed by atoms with Crippen LogP contribution < -0.4 is 16.4 Å². The second-order valence-electron chi connectivity index (χ2n) is 13.1. The lowest BCUT2D eigenvalue weighted by atomic mass is 9.99. The van der Waals surface area contributed by atoms with E-state index in [-0.39, 0.29) is 17.7 Å². The first-order valence-electron chi connectivity index (χ1n) is 14.9. The van der Waals surface area contributed by atoms with E-state index in [4.69, 9.17) is 15.2 Å². The average Bonchev–Trinajstić information content (AvgIpc) is 3.74. The van der Waals surface area contributed by atoms with Crippen LogP contribution in [0.2, 0.25) is 0 Å². The molecule has 2 aromatic rings. The van der Waals surface area contributed by atoms with E-state index in [0.29, 0.717) is 12.8 Å². The number of esters is 1. The van der Waals surface area contributed by atoms with Gasteiger partial charge >= 0.3 is 12.1 Å². The van der Waals surface area contributed by atoms with Crippen molar-refractivity contribution in [3.05, 3.63) is 65.7 Å². The fourth-order valence-corrected chi connectivity index (χ4v) is 4.70. The number of hydrogen-bond acceptors (Lipinski definition) is 8. The molecule has 5 N–H and O–H groups in total. The monoisotopic (exact) mass is 624 g/mol. The summed E-state index contributed by atoms with van der Waals surface area (Å²) in [4.78, 5) is 67.7. The Balaban J connectivity index is 2.04. The molecule has 12 nitrogen and oxygen atoms in total. The summed E-state index contributed by atoms with van der Waals surface area (Å²) in [6.45, 7) is 10.1. The Hall–Kier alpha value is -4.61. The van der Waals surface area contributed by atoms with Crippen LogP contribution in [0.1, 0.15) is 78.0 Å². The summed E-state index contributed by atoms with van der Waals surface area (Å²) < 4.78 is 10.9. The Morgan fingerprint density at radius 3 is 1.98 bits per heavy atom. The molecule has 12 heteroatoms. The first-order chi connectivity index (χ1) is 20.9. The minimum atomic E-state index is -1.47. The van der Waals surface area contributed by atoms with Gasteiger partial charge in [0.25, 0.3) is 0 Å². The summed E-state index contributed by atoms with van der Waals surface area (Å²) in [5.41, 5.74) is 4.55. The number of phenolic OH excluding ortho intramolecular Hbond substituents is 1. The molecule has 0 bridgehead atoms. The van der Waals surface area contributed by atoms with Gasteiger partial charge < -0.3 is 35.8 Å². The molecule has 1 saturated carbocycles. The number of alkyl carbamates (subject to hydrolysis) is 1. The third-order valence-electron chi connectivity index (χ3n) is 6.64. The van der Waals surface area contributed by atoms with Gasteiger partial charge in [0.15, 0.2) is 0 Å². The molecule has 0 aromatic heterocycles. The maximum absolute atomic E-state index is 14.3. The summed E-state index contributed by atoms with van der Waals surface area (Å²) in [6, 6.07) is 10.6. The summed E-state index contributed by atoms with van der Waals surface area (Å²) in [6.07, 6.45) is -0.368. The van der Waals surface area contributed by atoms with E-state index in [1.807, 2.05) is 6.07 Å². The average molecular weight is 625 g/mol. The van der Waals surface area contributed by atoms with E-state index in [1.54, 1.807) is 77.9 Å². The summed E-state index contributed by atoms with van der Waals surface area (Å²) in [7, 11) is 0. The number of benzene rings is 2. The highest BCUT2D eigenvalue weighted by Gasteiger charge is 2.46. The second kappa shape index (κ2) is 14.4. The number of aromatic hydroxyl groups is 1. The number of nitrogens with zero attached hydrogens (tertiary/aromatic N) is 1. The van der Waals surface area contributed by atoms with Crippen LogP contribution in [0.3, 0.4) is 0 Å². The fourth-order valence-electron chi connectivity index (χ4n) is 4.70. The van der Waals surface area contributed by atoms with Crippen LogP contribution in [0.4, 0.5) is 4.79 Å². The van der Waals surface area contributed by atoms with Crippen molar-refractivity contribution >= 4 is 29.8 Å².